The van der Waals surface area contributed by atoms with Crippen LogP contribution in [0.4, 0.5) is 10.2 Å². The number of nitrogens with two attached hydrogens (primary N) is 2. The topological polar surface area (TPSA) is 133 Å². The number of hydrogen-bond donors (Lipinski definition) is 3. The molecule has 5 N–H and O–H groups in total. The van der Waals surface area contributed by atoms with Gasteiger partial charge in [0.2, 0.25) is 0 Å². The van der Waals surface area contributed by atoms with Gasteiger partial charge < -0.3 is 16.2 Å². The number of aromatic amines is 1. The van der Waals surface area contributed by atoms with Crippen molar-refractivity contribution >= 4 is 22.8 Å². The zero-order chi connectivity index (χ0) is 20.5. The minimum atomic E-state index is -0.746. The van der Waals surface area contributed by atoms with Crippen LogP contribution < -0.4 is 16.2 Å². The van der Waals surface area contributed by atoms with Gasteiger partial charge in [-0.05, 0) is 17.7 Å². The monoisotopic (exact) mass is 392 g/mol. The van der Waals surface area contributed by atoms with Gasteiger partial charge in [0.25, 0.3) is 5.91 Å². The fourth-order valence-electron chi connectivity index (χ4n) is 3.30. The lowest BCUT2D eigenvalue weighted by molar-refractivity contribution is 0.0996. The zero-order valence-corrected chi connectivity index (χ0v) is 15.4. The molecular weight excluding hydrogens is 375 g/mol. The second kappa shape index (κ2) is 7.19. The quantitative estimate of drug-likeness (QED) is 0.478. The summed E-state index contributed by atoms with van der Waals surface area (Å²) >= 11 is 0. The molecule has 29 heavy (non-hydrogen) atoms. The van der Waals surface area contributed by atoms with E-state index in [9.17, 15) is 9.18 Å². The van der Waals surface area contributed by atoms with E-state index in [1.807, 2.05) is 24.3 Å². The lowest BCUT2D eigenvalue weighted by Gasteiger charge is -2.13. The number of carbonyl (C=O) groups is 1. The summed E-state index contributed by atoms with van der Waals surface area (Å²) in [7, 11) is 1.42. The van der Waals surface area contributed by atoms with Crippen LogP contribution in [0.1, 0.15) is 21.5 Å². The highest BCUT2D eigenvalue weighted by atomic mass is 19.1. The molecule has 4 aromatic rings. The number of halogens is 1. The van der Waals surface area contributed by atoms with Gasteiger partial charge in [-0.25, -0.2) is 14.4 Å². The van der Waals surface area contributed by atoms with Gasteiger partial charge in [-0.15, -0.1) is 0 Å². The van der Waals surface area contributed by atoms with Gasteiger partial charge >= 0.3 is 0 Å². The van der Waals surface area contributed by atoms with Crippen LogP contribution >= 0.6 is 0 Å². The van der Waals surface area contributed by atoms with Crippen molar-refractivity contribution in [3.05, 3.63) is 65.2 Å². The summed E-state index contributed by atoms with van der Waals surface area (Å²) in [5.74, 6) is -0.687. The molecule has 0 fully saturated rings. The summed E-state index contributed by atoms with van der Waals surface area (Å²) in [6.07, 6.45) is 1.72. The molecule has 0 aliphatic rings. The molecule has 0 atom stereocenters. The van der Waals surface area contributed by atoms with Crippen LogP contribution in [0.15, 0.2) is 42.7 Å². The lowest BCUT2D eigenvalue weighted by Crippen LogP contribution is -2.14. The second-order valence-electron chi connectivity index (χ2n) is 6.44. The molecule has 9 heteroatoms. The molecule has 0 bridgehead atoms. The second-order valence-corrected chi connectivity index (χ2v) is 6.44. The van der Waals surface area contributed by atoms with Crippen LogP contribution in [0, 0.1) is 5.82 Å². The molecule has 2 aromatic carbocycles. The van der Waals surface area contributed by atoms with Gasteiger partial charge in [0, 0.05) is 17.5 Å². The molecule has 0 unspecified atom stereocenters. The van der Waals surface area contributed by atoms with E-state index in [0.29, 0.717) is 34.5 Å². The van der Waals surface area contributed by atoms with E-state index < -0.39 is 11.7 Å². The first-order valence-electron chi connectivity index (χ1n) is 8.68. The molecule has 0 aliphatic carbocycles. The number of fused-ring (bicyclic) bond motifs is 1. The highest BCUT2D eigenvalue weighted by molar-refractivity contribution is 5.98. The van der Waals surface area contributed by atoms with Crippen molar-refractivity contribution in [1.29, 1.82) is 0 Å². The maximum absolute atomic E-state index is 13.9. The minimum absolute atomic E-state index is 0.0125. The van der Waals surface area contributed by atoms with Gasteiger partial charge in [-0.1, -0.05) is 24.3 Å². The van der Waals surface area contributed by atoms with Crippen LogP contribution in [0.3, 0.4) is 0 Å². The summed E-state index contributed by atoms with van der Waals surface area (Å²) in [5, 5.41) is 7.73. The Labute approximate surface area is 164 Å². The number of primary amides is 1. The number of rotatable bonds is 5. The van der Waals surface area contributed by atoms with Gasteiger partial charge in [0.15, 0.2) is 5.65 Å². The number of amides is 1. The molecule has 0 saturated heterocycles. The number of carbonyl (C=O) groups excluding carboxylic acids is 1. The van der Waals surface area contributed by atoms with E-state index in [1.54, 1.807) is 0 Å². The standard InChI is InChI=1S/C20H17FN6O2/c1-29-17-12(7-13(21)8-14(17)19(23)28)6-10-2-4-11(5-3-10)16-15-18(22)24-9-25-20(15)27-26-16/h2-5,7-9H,6H2,1H3,(H2,23,28)(H3,22,24,25,26,27). The number of benzene rings is 2. The van der Waals surface area contributed by atoms with Crippen molar-refractivity contribution in [2.24, 2.45) is 5.73 Å². The summed E-state index contributed by atoms with van der Waals surface area (Å²) < 4.78 is 19.2. The van der Waals surface area contributed by atoms with Crippen molar-refractivity contribution in [3.8, 4) is 17.0 Å². The van der Waals surface area contributed by atoms with Crippen molar-refractivity contribution in [1.82, 2.24) is 20.2 Å². The van der Waals surface area contributed by atoms with Crippen molar-refractivity contribution in [2.45, 2.75) is 6.42 Å². The molecule has 146 valence electrons. The SMILES string of the molecule is COc1c(Cc2ccc(-c3[nH]nc4ncnc(N)c34)cc2)cc(F)cc1C(N)=O. The summed E-state index contributed by atoms with van der Waals surface area (Å²) in [5.41, 5.74) is 14.8. The van der Waals surface area contributed by atoms with E-state index in [2.05, 4.69) is 20.2 Å². The van der Waals surface area contributed by atoms with Gasteiger partial charge in [-0.3, -0.25) is 9.89 Å². The number of hydrogen-bond acceptors (Lipinski definition) is 6. The first-order chi connectivity index (χ1) is 14.0. The van der Waals surface area contributed by atoms with Crippen LogP contribution in [0.25, 0.3) is 22.3 Å². The van der Waals surface area contributed by atoms with E-state index in [4.69, 9.17) is 16.2 Å². The normalized spacial score (nSPS) is 11.0. The molecular formula is C20H17FN6O2. The van der Waals surface area contributed by atoms with E-state index in [1.165, 1.54) is 19.5 Å². The Kier molecular flexibility index (Phi) is 4.55. The average molecular weight is 392 g/mol. The molecule has 0 radical (unpaired) electrons. The minimum Gasteiger partial charge on any atom is -0.496 e. The molecule has 0 saturated carbocycles. The van der Waals surface area contributed by atoms with Crippen LogP contribution in [-0.4, -0.2) is 33.2 Å². The Morgan fingerprint density at radius 3 is 2.66 bits per heavy atom. The summed E-state index contributed by atoms with van der Waals surface area (Å²) in [6.45, 7) is 0. The number of methoxy groups -OCH3 is 1. The number of nitrogen functional groups attached to an aromatic ring is 1. The Bertz CT molecular complexity index is 1220. The first-order valence-corrected chi connectivity index (χ1v) is 8.68. The molecule has 2 aromatic heterocycles. The van der Waals surface area contributed by atoms with Crippen molar-refractivity contribution in [3.63, 3.8) is 0 Å². The van der Waals surface area contributed by atoms with Gasteiger partial charge in [-0.2, -0.15) is 5.10 Å². The summed E-state index contributed by atoms with van der Waals surface area (Å²) in [6, 6.07) is 9.95. The predicted molar refractivity (Wildman–Crippen MR) is 106 cm³/mol. The van der Waals surface area contributed by atoms with Crippen LogP contribution in [0.2, 0.25) is 0 Å². The third-order valence-corrected chi connectivity index (χ3v) is 4.62. The molecule has 8 nitrogen and oxygen atoms in total. The maximum Gasteiger partial charge on any atom is 0.252 e. The van der Waals surface area contributed by atoms with E-state index in [0.717, 1.165) is 17.2 Å². The third-order valence-electron chi connectivity index (χ3n) is 4.62. The highest BCUT2D eigenvalue weighted by Crippen LogP contribution is 2.30. The summed E-state index contributed by atoms with van der Waals surface area (Å²) in [4.78, 5) is 19.7. The molecule has 1 amide bonds. The fraction of sp³-hybridized carbons (Fsp3) is 0.100. The molecule has 0 aliphatic heterocycles. The molecule has 2 heterocycles. The number of nitrogens with zero attached hydrogens (tertiary/aromatic N) is 3. The first kappa shape index (κ1) is 18.4. The largest absolute Gasteiger partial charge is 0.496 e. The van der Waals surface area contributed by atoms with Crippen molar-refractivity contribution in [2.75, 3.05) is 12.8 Å². The number of anilines is 1. The average Bonchev–Trinajstić information content (AvgIpc) is 3.14. The van der Waals surface area contributed by atoms with Crippen LogP contribution in [0.5, 0.6) is 5.75 Å². The number of ether oxygens (including phenoxy) is 1. The third kappa shape index (κ3) is 3.33. The van der Waals surface area contributed by atoms with E-state index >= 15 is 0 Å². The fourth-order valence-corrected chi connectivity index (χ4v) is 3.30. The Morgan fingerprint density at radius 1 is 1.21 bits per heavy atom. The van der Waals surface area contributed by atoms with E-state index in [-0.39, 0.29) is 11.3 Å². The Balaban J connectivity index is 1.68. The zero-order valence-electron chi connectivity index (χ0n) is 15.4. The van der Waals surface area contributed by atoms with Crippen LogP contribution in [-0.2, 0) is 6.42 Å². The number of aromatic nitrogens is 4. The smallest absolute Gasteiger partial charge is 0.252 e. The lowest BCUT2D eigenvalue weighted by atomic mass is 9.99. The predicted octanol–water partition coefficient (Wildman–Crippen LogP) is 2.44. The Morgan fingerprint density at radius 2 is 1.97 bits per heavy atom. The molecule has 4 rings (SSSR count). The number of H-pyrrole nitrogens is 1. The van der Waals surface area contributed by atoms with Gasteiger partial charge in [0.05, 0.1) is 23.8 Å². The molecule has 0 spiro atoms. The van der Waals surface area contributed by atoms with Crippen molar-refractivity contribution < 1.29 is 13.9 Å². The number of nitrogens with one attached hydrogen (secondary N) is 1. The maximum atomic E-state index is 13.9. The highest BCUT2D eigenvalue weighted by Gasteiger charge is 2.17. The Hall–Kier alpha value is -4.01. The van der Waals surface area contributed by atoms with Gasteiger partial charge in [0.1, 0.15) is 23.7 Å².